The van der Waals surface area contributed by atoms with Gasteiger partial charge in [-0.05, 0) is 37.6 Å². The number of aryl methyl sites for hydroxylation is 2. The number of carbonyl (C=O) groups excluding carboxylic acids is 1. The van der Waals surface area contributed by atoms with Gasteiger partial charge >= 0.3 is 0 Å². The molecule has 1 amide bonds. The summed E-state index contributed by atoms with van der Waals surface area (Å²) in [5.74, 6) is 0.836. The molecule has 6 nitrogen and oxygen atoms in total. The van der Waals surface area contributed by atoms with Gasteiger partial charge in [0.05, 0.1) is 24.9 Å². The fourth-order valence-corrected chi connectivity index (χ4v) is 3.67. The summed E-state index contributed by atoms with van der Waals surface area (Å²) >= 11 is 6.07. The van der Waals surface area contributed by atoms with Crippen LogP contribution in [0.15, 0.2) is 28.8 Å². The predicted octanol–water partition coefficient (Wildman–Crippen LogP) is 3.41. The zero-order valence-electron chi connectivity index (χ0n) is 14.6. The highest BCUT2D eigenvalue weighted by atomic mass is 35.5. The predicted molar refractivity (Wildman–Crippen MR) is 98.6 cm³/mol. The van der Waals surface area contributed by atoms with E-state index in [1.54, 1.807) is 0 Å². The van der Waals surface area contributed by atoms with Gasteiger partial charge < -0.3 is 19.6 Å². The number of hydrogen-bond acceptors (Lipinski definition) is 4. The van der Waals surface area contributed by atoms with Gasteiger partial charge in [-0.15, -0.1) is 0 Å². The molecule has 1 saturated heterocycles. The van der Waals surface area contributed by atoms with Gasteiger partial charge in [-0.25, -0.2) is 0 Å². The van der Waals surface area contributed by atoms with Crippen LogP contribution in [0, 0.1) is 19.8 Å². The Morgan fingerprint density at radius 3 is 2.96 bits per heavy atom. The lowest BCUT2D eigenvalue weighted by Crippen LogP contribution is -2.41. The molecule has 26 heavy (non-hydrogen) atoms. The molecule has 1 aromatic carbocycles. The van der Waals surface area contributed by atoms with E-state index in [0.29, 0.717) is 30.4 Å². The smallest absolute Gasteiger partial charge is 0.268 e. The summed E-state index contributed by atoms with van der Waals surface area (Å²) in [6.45, 7) is 4.90. The Kier molecular flexibility index (Phi) is 4.46. The molecule has 2 atom stereocenters. The lowest BCUT2D eigenvalue weighted by atomic mass is 9.98. The molecule has 0 spiro atoms. The summed E-state index contributed by atoms with van der Waals surface area (Å²) in [6, 6.07) is 7.41. The molecular weight excluding hydrogens is 354 g/mol. The van der Waals surface area contributed by atoms with Gasteiger partial charge in [0.15, 0.2) is 0 Å². The van der Waals surface area contributed by atoms with Crippen LogP contribution in [0.3, 0.4) is 0 Å². The van der Waals surface area contributed by atoms with Crippen molar-refractivity contribution in [3.63, 3.8) is 0 Å². The van der Waals surface area contributed by atoms with Crippen LogP contribution in [0.4, 0.5) is 0 Å². The lowest BCUT2D eigenvalue weighted by molar-refractivity contribution is 0.0919. The van der Waals surface area contributed by atoms with E-state index in [0.717, 1.165) is 27.9 Å². The third kappa shape index (κ3) is 3.22. The maximum Gasteiger partial charge on any atom is 0.268 e. The lowest BCUT2D eigenvalue weighted by Gasteiger charge is -2.17. The molecule has 0 saturated carbocycles. The number of aromatic amines is 1. The topological polar surface area (TPSA) is 80.1 Å². The molecule has 1 fully saturated rings. The quantitative estimate of drug-likeness (QED) is 0.734. The molecule has 1 aliphatic rings. The molecule has 3 aromatic rings. The Balaban J connectivity index is 1.51. The molecule has 0 radical (unpaired) electrons. The first-order chi connectivity index (χ1) is 12.5. The van der Waals surface area contributed by atoms with Crippen LogP contribution >= 0.6 is 11.6 Å². The number of rotatable bonds is 4. The Bertz CT molecular complexity index is 962. The zero-order chi connectivity index (χ0) is 18.3. The van der Waals surface area contributed by atoms with Gasteiger partial charge in [0.1, 0.15) is 11.5 Å². The highest BCUT2D eigenvalue weighted by molar-refractivity contribution is 6.31. The van der Waals surface area contributed by atoms with Crippen molar-refractivity contribution < 1.29 is 14.1 Å². The van der Waals surface area contributed by atoms with Crippen molar-refractivity contribution in [1.29, 1.82) is 0 Å². The third-order valence-electron chi connectivity index (χ3n) is 4.90. The summed E-state index contributed by atoms with van der Waals surface area (Å²) in [5.41, 5.74) is 3.20. The van der Waals surface area contributed by atoms with E-state index >= 15 is 0 Å². The van der Waals surface area contributed by atoms with Crippen molar-refractivity contribution in [1.82, 2.24) is 15.5 Å². The summed E-state index contributed by atoms with van der Waals surface area (Å²) in [4.78, 5) is 16.0. The minimum Gasteiger partial charge on any atom is -0.379 e. The summed E-state index contributed by atoms with van der Waals surface area (Å²) in [7, 11) is 0. The van der Waals surface area contributed by atoms with Crippen LogP contribution in [0.1, 0.15) is 27.5 Å². The van der Waals surface area contributed by atoms with E-state index in [2.05, 4.69) is 15.5 Å². The number of amides is 1. The number of fused-ring (bicyclic) bond motifs is 1. The Morgan fingerprint density at radius 2 is 2.19 bits per heavy atom. The average molecular weight is 374 g/mol. The van der Waals surface area contributed by atoms with Crippen LogP contribution < -0.4 is 5.32 Å². The molecule has 1 aliphatic heterocycles. The second-order valence-corrected chi connectivity index (χ2v) is 7.27. The van der Waals surface area contributed by atoms with E-state index < -0.39 is 0 Å². The van der Waals surface area contributed by atoms with Crippen LogP contribution in [0.5, 0.6) is 0 Å². The first-order valence-corrected chi connectivity index (χ1v) is 8.97. The number of nitrogens with one attached hydrogen (secondary N) is 2. The normalized spacial score (nSPS) is 20.0. The number of ether oxygens (including phenoxy) is 1. The first kappa shape index (κ1) is 17.1. The van der Waals surface area contributed by atoms with Gasteiger partial charge in [0.2, 0.25) is 0 Å². The summed E-state index contributed by atoms with van der Waals surface area (Å²) in [6.07, 6.45) is 0.688. The van der Waals surface area contributed by atoms with Crippen molar-refractivity contribution in [2.45, 2.75) is 26.3 Å². The first-order valence-electron chi connectivity index (χ1n) is 8.60. The number of aromatic nitrogens is 2. The van der Waals surface area contributed by atoms with Crippen LogP contribution in [-0.2, 0) is 11.2 Å². The van der Waals surface area contributed by atoms with E-state index in [-0.39, 0.29) is 17.9 Å². The highest BCUT2D eigenvalue weighted by Gasteiger charge is 2.31. The third-order valence-corrected chi connectivity index (χ3v) is 5.14. The highest BCUT2D eigenvalue weighted by Crippen LogP contribution is 2.26. The van der Waals surface area contributed by atoms with Crippen LogP contribution in [0.2, 0.25) is 5.02 Å². The van der Waals surface area contributed by atoms with Crippen molar-refractivity contribution in [3.05, 3.63) is 52.0 Å². The van der Waals surface area contributed by atoms with Crippen molar-refractivity contribution >= 4 is 28.4 Å². The monoisotopic (exact) mass is 373 g/mol. The largest absolute Gasteiger partial charge is 0.379 e. The van der Waals surface area contributed by atoms with E-state index in [1.807, 2.05) is 38.1 Å². The maximum absolute atomic E-state index is 12.8. The second-order valence-electron chi connectivity index (χ2n) is 6.83. The molecule has 2 aromatic heterocycles. The number of H-pyrrole nitrogens is 1. The Labute approximate surface area is 155 Å². The summed E-state index contributed by atoms with van der Waals surface area (Å²) < 4.78 is 10.9. The Morgan fingerprint density at radius 1 is 1.35 bits per heavy atom. The minimum atomic E-state index is -0.135. The fraction of sp³-hybridized carbons (Fsp3) is 0.368. The molecule has 3 heterocycles. The Hall–Kier alpha value is -2.31. The number of halogens is 1. The molecule has 0 unspecified atom stereocenters. The van der Waals surface area contributed by atoms with Gasteiger partial charge in [0.25, 0.3) is 5.91 Å². The average Bonchev–Trinajstić information content (AvgIpc) is 3.29. The SMILES string of the molecule is Cc1cc(C[C@H]2COC[C@H]2NC(=O)c2[nH]c3ccc(Cl)cc3c2C)on1. The molecular formula is C19H20ClN3O3. The van der Waals surface area contributed by atoms with E-state index in [9.17, 15) is 4.79 Å². The number of carbonyl (C=O) groups is 1. The minimum absolute atomic E-state index is 0.0673. The molecule has 0 aliphatic carbocycles. The molecule has 136 valence electrons. The number of hydrogen-bond donors (Lipinski definition) is 2. The van der Waals surface area contributed by atoms with E-state index in [4.69, 9.17) is 20.9 Å². The number of benzene rings is 1. The van der Waals surface area contributed by atoms with Gasteiger partial charge in [-0.1, -0.05) is 16.8 Å². The van der Waals surface area contributed by atoms with Gasteiger partial charge in [0, 0.05) is 34.3 Å². The molecule has 7 heteroatoms. The standard InChI is InChI=1S/C19H20ClN3O3/c1-10-5-14(26-23-10)6-12-8-25-9-17(12)22-19(24)18-11(2)15-7-13(20)3-4-16(15)21-18/h3-5,7,12,17,21H,6,8-9H2,1-2H3,(H,22,24)/t12-,17+/m0/s1. The fourth-order valence-electron chi connectivity index (χ4n) is 3.50. The molecule has 2 N–H and O–H groups in total. The molecule has 4 rings (SSSR count). The summed E-state index contributed by atoms with van der Waals surface area (Å²) in [5, 5.41) is 8.62. The van der Waals surface area contributed by atoms with Crippen LogP contribution in [0.25, 0.3) is 10.9 Å². The van der Waals surface area contributed by atoms with Gasteiger partial charge in [-0.3, -0.25) is 4.79 Å². The molecule has 0 bridgehead atoms. The van der Waals surface area contributed by atoms with E-state index in [1.165, 1.54) is 0 Å². The van der Waals surface area contributed by atoms with Crippen molar-refractivity contribution in [2.75, 3.05) is 13.2 Å². The van der Waals surface area contributed by atoms with Gasteiger partial charge in [-0.2, -0.15) is 0 Å². The van der Waals surface area contributed by atoms with Crippen molar-refractivity contribution in [3.8, 4) is 0 Å². The maximum atomic E-state index is 12.8. The second kappa shape index (κ2) is 6.78. The van der Waals surface area contributed by atoms with Crippen molar-refractivity contribution in [2.24, 2.45) is 5.92 Å². The van der Waals surface area contributed by atoms with Crippen LogP contribution in [-0.4, -0.2) is 35.3 Å². The number of nitrogens with zero attached hydrogens (tertiary/aromatic N) is 1. The zero-order valence-corrected chi connectivity index (χ0v) is 15.4.